The van der Waals surface area contributed by atoms with Crippen LogP contribution in [-0.2, 0) is 15.7 Å². The van der Waals surface area contributed by atoms with Crippen LogP contribution in [0.2, 0.25) is 0 Å². The van der Waals surface area contributed by atoms with Crippen molar-refractivity contribution in [2.75, 3.05) is 14.2 Å². The Morgan fingerprint density at radius 1 is 1.43 bits per heavy atom. The molecule has 0 saturated carbocycles. The molecule has 0 spiro atoms. The molecule has 2 rings (SSSR count). The van der Waals surface area contributed by atoms with Crippen molar-refractivity contribution in [1.82, 2.24) is 5.32 Å². The molecule has 1 heterocycles. The lowest BCUT2D eigenvalue weighted by Gasteiger charge is -2.16. The number of Topliss-reactive ketones (excluding diaryl/α,β-unsaturated/α-hetero) is 1. The molecule has 7 heteroatoms. The Morgan fingerprint density at radius 3 is 2.65 bits per heavy atom. The fraction of sp³-hybridized carbons (Fsp3) is 0.312. The topological polar surface area (TPSA) is 47.6 Å². The van der Waals surface area contributed by atoms with Crippen LogP contribution in [0.5, 0.6) is 5.75 Å². The minimum atomic E-state index is -4.59. The van der Waals surface area contributed by atoms with Gasteiger partial charge < -0.3 is 14.8 Å². The van der Waals surface area contributed by atoms with Gasteiger partial charge in [0.25, 0.3) is 0 Å². The van der Waals surface area contributed by atoms with Crippen LogP contribution in [0.25, 0.3) is 5.57 Å². The summed E-state index contributed by atoms with van der Waals surface area (Å²) < 4.78 is 49.8. The number of hydrogen-bond donors (Lipinski definition) is 1. The molecule has 23 heavy (non-hydrogen) atoms. The average molecular weight is 327 g/mol. The van der Waals surface area contributed by atoms with E-state index in [1.54, 1.807) is 0 Å². The van der Waals surface area contributed by atoms with Crippen molar-refractivity contribution in [2.45, 2.75) is 18.7 Å². The summed E-state index contributed by atoms with van der Waals surface area (Å²) >= 11 is 0. The van der Waals surface area contributed by atoms with E-state index in [0.29, 0.717) is 0 Å². The van der Waals surface area contributed by atoms with E-state index in [1.165, 1.54) is 25.3 Å². The zero-order valence-corrected chi connectivity index (χ0v) is 12.7. The summed E-state index contributed by atoms with van der Waals surface area (Å²) in [6.45, 7) is 3.54. The predicted molar refractivity (Wildman–Crippen MR) is 78.7 cm³/mol. The summed E-state index contributed by atoms with van der Waals surface area (Å²) in [5.41, 5.74) is -0.856. The van der Waals surface area contributed by atoms with Crippen molar-refractivity contribution in [3.8, 4) is 5.75 Å². The smallest absolute Gasteiger partial charge is 0.419 e. The summed E-state index contributed by atoms with van der Waals surface area (Å²) in [6.07, 6.45) is -3.62. The SMILES string of the molecule is C=CCC1OC(NC)=C(c2cccc(C(F)(F)F)c2OC)C1=O. The summed E-state index contributed by atoms with van der Waals surface area (Å²) in [6, 6.07) is 3.54. The van der Waals surface area contributed by atoms with Gasteiger partial charge in [-0.3, -0.25) is 4.79 Å². The zero-order chi connectivity index (χ0) is 17.2. The molecule has 0 aliphatic carbocycles. The largest absolute Gasteiger partial charge is 0.495 e. The second kappa shape index (κ2) is 6.36. The molecule has 124 valence electrons. The molecular formula is C16H16F3NO3. The average Bonchev–Trinajstić information content (AvgIpc) is 2.82. The molecule has 1 N–H and O–H groups in total. The van der Waals surface area contributed by atoms with Crippen LogP contribution in [0.1, 0.15) is 17.5 Å². The molecule has 1 aliphatic rings. The number of alkyl halides is 3. The van der Waals surface area contributed by atoms with E-state index in [1.807, 2.05) is 0 Å². The van der Waals surface area contributed by atoms with Gasteiger partial charge in [-0.05, 0) is 6.07 Å². The van der Waals surface area contributed by atoms with Crippen LogP contribution in [0.15, 0.2) is 36.7 Å². The van der Waals surface area contributed by atoms with Gasteiger partial charge in [0, 0.05) is 19.0 Å². The first-order valence-corrected chi connectivity index (χ1v) is 6.83. The molecule has 1 unspecified atom stereocenters. The molecule has 0 saturated heterocycles. The van der Waals surface area contributed by atoms with Gasteiger partial charge in [0.15, 0.2) is 12.0 Å². The fourth-order valence-electron chi connectivity index (χ4n) is 2.45. The number of para-hydroxylation sites is 1. The predicted octanol–water partition coefficient (Wildman–Crippen LogP) is 3.15. The molecular weight excluding hydrogens is 311 g/mol. The molecule has 0 radical (unpaired) electrons. The molecule has 0 aromatic heterocycles. The number of nitrogens with one attached hydrogen (secondary N) is 1. The van der Waals surface area contributed by atoms with E-state index in [2.05, 4.69) is 11.9 Å². The van der Waals surface area contributed by atoms with Crippen molar-refractivity contribution < 1.29 is 27.4 Å². The first-order valence-electron chi connectivity index (χ1n) is 6.83. The molecule has 0 bridgehead atoms. The summed E-state index contributed by atoms with van der Waals surface area (Å²) in [4.78, 5) is 12.5. The van der Waals surface area contributed by atoms with Crippen LogP contribution in [0.4, 0.5) is 13.2 Å². The molecule has 0 fully saturated rings. The van der Waals surface area contributed by atoms with Crippen molar-refractivity contribution in [3.63, 3.8) is 0 Å². The van der Waals surface area contributed by atoms with E-state index >= 15 is 0 Å². The number of carbonyl (C=O) groups is 1. The van der Waals surface area contributed by atoms with E-state index in [9.17, 15) is 18.0 Å². The Hall–Kier alpha value is -2.44. The van der Waals surface area contributed by atoms with Crippen LogP contribution >= 0.6 is 0 Å². The van der Waals surface area contributed by atoms with Crippen molar-refractivity contribution in [1.29, 1.82) is 0 Å². The summed E-state index contributed by atoms with van der Waals surface area (Å²) in [5.74, 6) is -0.690. The molecule has 4 nitrogen and oxygen atoms in total. The van der Waals surface area contributed by atoms with Crippen molar-refractivity contribution in [2.24, 2.45) is 0 Å². The van der Waals surface area contributed by atoms with Gasteiger partial charge in [-0.25, -0.2) is 0 Å². The minimum absolute atomic E-state index is 0.0438. The van der Waals surface area contributed by atoms with Crippen LogP contribution < -0.4 is 10.1 Å². The molecule has 1 atom stereocenters. The van der Waals surface area contributed by atoms with Gasteiger partial charge in [0.1, 0.15) is 5.75 Å². The standard InChI is InChI=1S/C16H16F3NO3/c1-4-6-11-13(21)12(15(20-2)23-11)9-7-5-8-10(14(9)22-3)16(17,18)19/h4-5,7-8,11,20H,1,6H2,2-3H3. The summed E-state index contributed by atoms with van der Waals surface area (Å²) in [7, 11) is 2.66. The lowest BCUT2D eigenvalue weighted by Crippen LogP contribution is -2.18. The highest BCUT2D eigenvalue weighted by Crippen LogP contribution is 2.42. The van der Waals surface area contributed by atoms with Gasteiger partial charge >= 0.3 is 6.18 Å². The lowest BCUT2D eigenvalue weighted by molar-refractivity contribution is -0.138. The number of rotatable bonds is 5. The fourth-order valence-corrected chi connectivity index (χ4v) is 2.45. The van der Waals surface area contributed by atoms with Gasteiger partial charge in [0.2, 0.25) is 5.78 Å². The molecule has 1 aromatic carbocycles. The Balaban J connectivity index is 2.61. The number of halogens is 3. The third-order valence-electron chi connectivity index (χ3n) is 3.43. The van der Waals surface area contributed by atoms with Crippen LogP contribution in [-0.4, -0.2) is 26.0 Å². The Kier molecular flexibility index (Phi) is 4.68. The Morgan fingerprint density at radius 2 is 2.13 bits per heavy atom. The molecule has 1 aliphatic heterocycles. The quantitative estimate of drug-likeness (QED) is 0.844. The number of ketones is 1. The maximum Gasteiger partial charge on any atom is 0.419 e. The first-order chi connectivity index (χ1) is 10.8. The molecule has 0 amide bonds. The van der Waals surface area contributed by atoms with Crippen molar-refractivity contribution >= 4 is 11.4 Å². The third-order valence-corrected chi connectivity index (χ3v) is 3.43. The maximum atomic E-state index is 13.1. The number of carbonyl (C=O) groups excluding carboxylic acids is 1. The lowest BCUT2D eigenvalue weighted by atomic mass is 9.96. The Bertz CT molecular complexity index is 665. The zero-order valence-electron chi connectivity index (χ0n) is 12.7. The van der Waals surface area contributed by atoms with Crippen LogP contribution in [0.3, 0.4) is 0 Å². The number of methoxy groups -OCH3 is 1. The highest BCUT2D eigenvalue weighted by molar-refractivity contribution is 6.25. The van der Waals surface area contributed by atoms with E-state index < -0.39 is 29.4 Å². The highest BCUT2D eigenvalue weighted by Gasteiger charge is 2.40. The second-order valence-corrected chi connectivity index (χ2v) is 4.83. The number of ether oxygens (including phenoxy) is 2. The van der Waals surface area contributed by atoms with Gasteiger partial charge in [-0.15, -0.1) is 6.58 Å². The normalized spacial score (nSPS) is 18.0. The monoisotopic (exact) mass is 327 g/mol. The van der Waals surface area contributed by atoms with Gasteiger partial charge in [0.05, 0.1) is 18.2 Å². The number of hydrogen-bond acceptors (Lipinski definition) is 4. The minimum Gasteiger partial charge on any atom is -0.495 e. The van der Waals surface area contributed by atoms with E-state index in [4.69, 9.17) is 9.47 Å². The first kappa shape index (κ1) is 16.9. The highest BCUT2D eigenvalue weighted by atomic mass is 19.4. The maximum absolute atomic E-state index is 13.1. The van der Waals surface area contributed by atoms with Crippen molar-refractivity contribution in [3.05, 3.63) is 47.9 Å². The molecule has 1 aromatic rings. The Labute approximate surface area is 131 Å². The van der Waals surface area contributed by atoms with Gasteiger partial charge in [-0.2, -0.15) is 13.2 Å². The van der Waals surface area contributed by atoms with Crippen LogP contribution in [0, 0.1) is 0 Å². The van der Waals surface area contributed by atoms with E-state index in [0.717, 1.165) is 13.2 Å². The van der Waals surface area contributed by atoms with Gasteiger partial charge in [-0.1, -0.05) is 18.2 Å². The third kappa shape index (κ3) is 3.04. The van der Waals surface area contributed by atoms with E-state index in [-0.39, 0.29) is 23.4 Å². The summed E-state index contributed by atoms with van der Waals surface area (Å²) in [5, 5.41) is 2.71. The number of benzene rings is 1. The second-order valence-electron chi connectivity index (χ2n) is 4.83.